The highest BCUT2D eigenvalue weighted by molar-refractivity contribution is 5.04. The molecule has 2 saturated heterocycles. The predicted octanol–water partition coefficient (Wildman–Crippen LogP) is 0.672. The minimum Gasteiger partial charge on any atom is -0.385 e. The quantitative estimate of drug-likeness (QED) is 0.679. The smallest absolute Gasteiger partial charge is 0.0761 e. The molecule has 3 atom stereocenters. The summed E-state index contributed by atoms with van der Waals surface area (Å²) in [6.45, 7) is 0.753. The van der Waals surface area contributed by atoms with Crippen molar-refractivity contribution in [3.63, 3.8) is 0 Å². The molecule has 3 nitrogen and oxygen atoms in total. The molecule has 3 heteroatoms. The van der Waals surface area contributed by atoms with Gasteiger partial charge in [-0.25, -0.2) is 0 Å². The topological polar surface area (TPSA) is 44.5 Å². The van der Waals surface area contributed by atoms with Gasteiger partial charge >= 0.3 is 0 Å². The number of methoxy groups -OCH3 is 1. The first kappa shape index (κ1) is 8.48. The Labute approximate surface area is 73.2 Å². The molecule has 0 aliphatic carbocycles. The molecular weight excluding hydrogens is 154 g/mol. The number of nitrogens with two attached hydrogens (primary N) is 1. The van der Waals surface area contributed by atoms with E-state index >= 15 is 0 Å². The van der Waals surface area contributed by atoms with Crippen LogP contribution < -0.4 is 5.73 Å². The van der Waals surface area contributed by atoms with Crippen molar-refractivity contribution in [1.82, 2.24) is 0 Å². The molecule has 2 rings (SSSR count). The molecule has 2 fully saturated rings. The first-order chi connectivity index (χ1) is 5.74. The molecule has 2 heterocycles. The fraction of sp³-hybridized carbons (Fsp3) is 1.00. The van der Waals surface area contributed by atoms with Crippen LogP contribution in [0.25, 0.3) is 0 Å². The van der Waals surface area contributed by atoms with Crippen LogP contribution in [0.1, 0.15) is 25.7 Å². The fourth-order valence-corrected chi connectivity index (χ4v) is 2.39. The van der Waals surface area contributed by atoms with E-state index in [2.05, 4.69) is 0 Å². The molecule has 2 N–H and O–H groups in total. The van der Waals surface area contributed by atoms with Crippen molar-refractivity contribution in [2.75, 3.05) is 13.7 Å². The minimum atomic E-state index is -0.0844. The Bertz CT molecular complexity index is 174. The summed E-state index contributed by atoms with van der Waals surface area (Å²) in [6.07, 6.45) is 5.06. The van der Waals surface area contributed by atoms with Crippen LogP contribution in [-0.2, 0) is 9.47 Å². The van der Waals surface area contributed by atoms with Gasteiger partial charge in [-0.15, -0.1) is 0 Å². The van der Waals surface area contributed by atoms with Crippen molar-refractivity contribution < 1.29 is 9.47 Å². The minimum absolute atomic E-state index is 0.0844. The Kier molecular flexibility index (Phi) is 2.10. The van der Waals surface area contributed by atoms with E-state index in [1.807, 2.05) is 0 Å². The second-order valence-corrected chi connectivity index (χ2v) is 4.00. The lowest BCUT2D eigenvalue weighted by Crippen LogP contribution is -2.49. The standard InChI is InChI=1S/C9H17NO2/c1-11-5-4-9(10)6-7-2-3-8(9)12-7/h7-8H,2-6,10H2,1H3. The molecule has 0 aromatic heterocycles. The molecule has 2 aliphatic rings. The summed E-state index contributed by atoms with van der Waals surface area (Å²) in [4.78, 5) is 0. The van der Waals surface area contributed by atoms with Crippen LogP contribution in [-0.4, -0.2) is 31.5 Å². The molecule has 0 amide bonds. The van der Waals surface area contributed by atoms with Gasteiger partial charge in [-0.05, 0) is 25.7 Å². The van der Waals surface area contributed by atoms with E-state index in [1.54, 1.807) is 7.11 Å². The monoisotopic (exact) mass is 171 g/mol. The summed E-state index contributed by atoms with van der Waals surface area (Å²) >= 11 is 0. The van der Waals surface area contributed by atoms with E-state index in [4.69, 9.17) is 15.2 Å². The first-order valence-electron chi connectivity index (χ1n) is 4.68. The van der Waals surface area contributed by atoms with Crippen molar-refractivity contribution in [1.29, 1.82) is 0 Å². The lowest BCUT2D eigenvalue weighted by molar-refractivity contribution is 0.0746. The van der Waals surface area contributed by atoms with Crippen LogP contribution in [0.5, 0.6) is 0 Å². The highest BCUT2D eigenvalue weighted by Gasteiger charge is 2.49. The molecule has 0 spiro atoms. The zero-order valence-electron chi connectivity index (χ0n) is 7.58. The third-order valence-corrected chi connectivity index (χ3v) is 3.13. The molecule has 0 radical (unpaired) electrons. The van der Waals surface area contributed by atoms with Gasteiger partial charge in [0.1, 0.15) is 0 Å². The zero-order chi connectivity index (χ0) is 8.60. The van der Waals surface area contributed by atoms with Gasteiger partial charge in [-0.1, -0.05) is 0 Å². The number of fused-ring (bicyclic) bond motifs is 2. The Morgan fingerprint density at radius 3 is 2.92 bits per heavy atom. The van der Waals surface area contributed by atoms with Crippen LogP contribution in [0, 0.1) is 0 Å². The zero-order valence-corrected chi connectivity index (χ0v) is 7.58. The van der Waals surface area contributed by atoms with Gasteiger partial charge in [-0.2, -0.15) is 0 Å². The molecular formula is C9H17NO2. The second-order valence-electron chi connectivity index (χ2n) is 4.00. The Hall–Kier alpha value is -0.120. The highest BCUT2D eigenvalue weighted by atomic mass is 16.5. The second kappa shape index (κ2) is 2.98. The van der Waals surface area contributed by atoms with Crippen molar-refractivity contribution in [2.24, 2.45) is 5.73 Å². The molecule has 3 unspecified atom stereocenters. The average molecular weight is 171 g/mol. The average Bonchev–Trinajstić information content (AvgIpc) is 2.60. The SMILES string of the molecule is COCCC1(N)CC2CCC1O2. The van der Waals surface area contributed by atoms with Crippen LogP contribution in [0.2, 0.25) is 0 Å². The van der Waals surface area contributed by atoms with E-state index < -0.39 is 0 Å². The summed E-state index contributed by atoms with van der Waals surface area (Å²) in [7, 11) is 1.72. The van der Waals surface area contributed by atoms with Gasteiger partial charge in [0, 0.05) is 19.3 Å². The van der Waals surface area contributed by atoms with E-state index in [9.17, 15) is 0 Å². The highest BCUT2D eigenvalue weighted by Crippen LogP contribution is 2.41. The van der Waals surface area contributed by atoms with Crippen LogP contribution in [0.3, 0.4) is 0 Å². The van der Waals surface area contributed by atoms with Crippen molar-refractivity contribution in [3.05, 3.63) is 0 Å². The third kappa shape index (κ3) is 1.26. The van der Waals surface area contributed by atoms with Crippen molar-refractivity contribution in [3.8, 4) is 0 Å². The maximum atomic E-state index is 6.23. The maximum Gasteiger partial charge on any atom is 0.0761 e. The van der Waals surface area contributed by atoms with Gasteiger partial charge in [-0.3, -0.25) is 0 Å². The van der Waals surface area contributed by atoms with Crippen LogP contribution >= 0.6 is 0 Å². The summed E-state index contributed by atoms with van der Waals surface area (Å²) in [6, 6.07) is 0. The predicted molar refractivity (Wildman–Crippen MR) is 45.9 cm³/mol. The lowest BCUT2D eigenvalue weighted by Gasteiger charge is -2.30. The number of hydrogen-bond acceptors (Lipinski definition) is 3. The lowest BCUT2D eigenvalue weighted by atomic mass is 9.80. The molecule has 12 heavy (non-hydrogen) atoms. The molecule has 0 aromatic rings. The molecule has 0 aromatic carbocycles. The molecule has 0 saturated carbocycles. The van der Waals surface area contributed by atoms with Crippen molar-refractivity contribution in [2.45, 2.75) is 43.4 Å². The maximum absolute atomic E-state index is 6.23. The van der Waals surface area contributed by atoms with Crippen LogP contribution in [0.4, 0.5) is 0 Å². The van der Waals surface area contributed by atoms with E-state index in [-0.39, 0.29) is 5.54 Å². The largest absolute Gasteiger partial charge is 0.385 e. The Balaban J connectivity index is 1.93. The van der Waals surface area contributed by atoms with Crippen LogP contribution in [0.15, 0.2) is 0 Å². The molecule has 70 valence electrons. The molecule has 2 aliphatic heterocycles. The fourth-order valence-electron chi connectivity index (χ4n) is 2.39. The molecule has 2 bridgehead atoms. The first-order valence-corrected chi connectivity index (χ1v) is 4.68. The number of hydrogen-bond donors (Lipinski definition) is 1. The van der Waals surface area contributed by atoms with Gasteiger partial charge in [0.15, 0.2) is 0 Å². The summed E-state index contributed by atoms with van der Waals surface area (Å²) in [5.41, 5.74) is 6.14. The van der Waals surface area contributed by atoms with Gasteiger partial charge in [0.2, 0.25) is 0 Å². The number of rotatable bonds is 3. The van der Waals surface area contributed by atoms with Gasteiger partial charge in [0.25, 0.3) is 0 Å². The van der Waals surface area contributed by atoms with Gasteiger partial charge < -0.3 is 15.2 Å². The van der Waals surface area contributed by atoms with E-state index in [0.717, 1.165) is 25.9 Å². The van der Waals surface area contributed by atoms with E-state index in [0.29, 0.717) is 12.2 Å². The Morgan fingerprint density at radius 2 is 2.42 bits per heavy atom. The normalized spacial score (nSPS) is 45.5. The van der Waals surface area contributed by atoms with Crippen molar-refractivity contribution >= 4 is 0 Å². The third-order valence-electron chi connectivity index (χ3n) is 3.13. The Morgan fingerprint density at radius 1 is 1.58 bits per heavy atom. The van der Waals surface area contributed by atoms with Gasteiger partial charge in [0.05, 0.1) is 12.2 Å². The number of ether oxygens (including phenoxy) is 2. The summed E-state index contributed by atoms with van der Waals surface area (Å²) in [5.74, 6) is 0. The summed E-state index contributed by atoms with van der Waals surface area (Å²) in [5, 5.41) is 0. The summed E-state index contributed by atoms with van der Waals surface area (Å²) < 4.78 is 10.7. The van der Waals surface area contributed by atoms with E-state index in [1.165, 1.54) is 6.42 Å².